The number of rotatable bonds is 77. The average Bonchev–Trinajstić information content (AvgIpc) is 0.935. The van der Waals surface area contributed by atoms with Crippen LogP contribution >= 0.6 is 15.6 Å². The molecule has 0 aliphatic rings. The molecular weight excluding hydrogens is 1310 g/mol. The van der Waals surface area contributed by atoms with E-state index in [1.54, 1.807) is 0 Å². The summed E-state index contributed by atoms with van der Waals surface area (Å²) >= 11 is 0. The second kappa shape index (κ2) is 74.0. The summed E-state index contributed by atoms with van der Waals surface area (Å²) in [5.74, 6) is -2.17. The summed E-state index contributed by atoms with van der Waals surface area (Å²) in [6.07, 6.45) is 73.3. The number of ether oxygens (including phenoxy) is 4. The topological polar surface area (TPSA) is 237 Å². The number of hydrogen-bond donors (Lipinski definition) is 3. The zero-order chi connectivity index (χ0) is 73.2. The van der Waals surface area contributed by atoms with Crippen molar-refractivity contribution in [1.82, 2.24) is 0 Å². The van der Waals surface area contributed by atoms with E-state index in [9.17, 15) is 43.2 Å². The minimum absolute atomic E-state index is 0.0876. The third-order valence-electron chi connectivity index (χ3n) is 17.5. The number of aliphatic hydroxyl groups is 1. The summed E-state index contributed by atoms with van der Waals surface area (Å²) in [5.41, 5.74) is 0. The zero-order valence-corrected chi connectivity index (χ0v) is 65.7. The largest absolute Gasteiger partial charge is 0.472 e. The van der Waals surface area contributed by atoms with Gasteiger partial charge >= 0.3 is 39.5 Å². The Labute approximate surface area is 610 Å². The van der Waals surface area contributed by atoms with Crippen molar-refractivity contribution in [3.8, 4) is 0 Å². The molecule has 0 bridgehead atoms. The van der Waals surface area contributed by atoms with Gasteiger partial charge in [-0.25, -0.2) is 9.13 Å². The van der Waals surface area contributed by atoms with Gasteiger partial charge in [-0.2, -0.15) is 0 Å². The van der Waals surface area contributed by atoms with Crippen LogP contribution in [-0.4, -0.2) is 96.7 Å². The van der Waals surface area contributed by atoms with Crippen LogP contribution in [0.15, 0.2) is 60.8 Å². The molecule has 0 aliphatic heterocycles. The van der Waals surface area contributed by atoms with E-state index in [1.165, 1.54) is 135 Å². The van der Waals surface area contributed by atoms with E-state index < -0.39 is 97.5 Å². The third kappa shape index (κ3) is 73.1. The number of aliphatic hydroxyl groups excluding tert-OH is 1. The van der Waals surface area contributed by atoms with Gasteiger partial charge in [0.15, 0.2) is 12.2 Å². The van der Waals surface area contributed by atoms with Crippen LogP contribution in [-0.2, 0) is 65.4 Å². The van der Waals surface area contributed by atoms with E-state index >= 15 is 0 Å². The average molecular weight is 1460 g/mol. The smallest absolute Gasteiger partial charge is 0.462 e. The monoisotopic (exact) mass is 1460 g/mol. The SMILES string of the molecule is CCCCC/C=C\C/C=C\C/C=C\CCCCCCCCC(=O)OCC(COP(=O)(O)OCC(O)COP(=O)(O)OCC(COC(=O)CCCCCCC/C=C\CCCCCCCC)OC(=O)CCCCCCC/C=C\CCCCCC)OC(=O)CCCCCCCCCCCCCCC. The molecule has 0 aromatic rings. The minimum Gasteiger partial charge on any atom is -0.462 e. The molecule has 100 heavy (non-hydrogen) atoms. The van der Waals surface area contributed by atoms with Gasteiger partial charge in [0.2, 0.25) is 0 Å². The number of allylic oxidation sites excluding steroid dienone is 10. The standard InChI is InChI=1S/C81H148O17P2/c1-5-9-13-17-21-25-29-33-35-36-37-38-40-44-46-50-54-58-62-66-79(84)92-72-77(98-81(86)68-64-60-56-52-48-42-32-28-24-20-16-12-8-4)74-96-100(89,90)94-70-75(82)69-93-99(87,88)95-73-76(97-80(85)67-63-59-55-51-47-41-31-27-23-19-15-11-7-3)71-91-78(83)65-61-57-53-49-45-43-39-34-30-26-22-18-14-10-6-2/h21,25,27,31,33-35,37-39,75-77,82H,5-20,22-24,26,28-30,32,36,40-74H2,1-4H3,(H,87,88)(H,89,90)/b25-21-,31-27-,35-33-,38-37-,39-34-. The van der Waals surface area contributed by atoms with E-state index in [0.29, 0.717) is 25.7 Å². The molecule has 0 amide bonds. The molecule has 0 saturated heterocycles. The molecule has 5 atom stereocenters. The van der Waals surface area contributed by atoms with Gasteiger partial charge in [0, 0.05) is 25.7 Å². The lowest BCUT2D eigenvalue weighted by molar-refractivity contribution is -0.161. The van der Waals surface area contributed by atoms with E-state index in [0.717, 1.165) is 161 Å². The Hall–Kier alpha value is -3.24. The maximum atomic E-state index is 13.1. The lowest BCUT2D eigenvalue weighted by Gasteiger charge is -2.21. The predicted molar refractivity (Wildman–Crippen MR) is 409 cm³/mol. The molecule has 3 N–H and O–H groups in total. The minimum atomic E-state index is -4.97. The van der Waals surface area contributed by atoms with Gasteiger partial charge in [0.05, 0.1) is 26.4 Å². The first-order chi connectivity index (χ1) is 48.7. The van der Waals surface area contributed by atoms with Gasteiger partial charge in [-0.3, -0.25) is 37.3 Å². The fraction of sp³-hybridized carbons (Fsp3) is 0.827. The first-order valence-electron chi connectivity index (χ1n) is 40.5. The maximum absolute atomic E-state index is 13.1. The van der Waals surface area contributed by atoms with Crippen molar-refractivity contribution in [2.75, 3.05) is 39.6 Å². The van der Waals surface area contributed by atoms with E-state index in [1.807, 2.05) is 0 Å². The highest BCUT2D eigenvalue weighted by atomic mass is 31.2. The van der Waals surface area contributed by atoms with Crippen molar-refractivity contribution in [2.24, 2.45) is 0 Å². The molecule has 0 fully saturated rings. The fourth-order valence-corrected chi connectivity index (χ4v) is 12.8. The summed E-state index contributed by atoms with van der Waals surface area (Å²) in [5, 5.41) is 10.6. The fourth-order valence-electron chi connectivity index (χ4n) is 11.2. The predicted octanol–water partition coefficient (Wildman–Crippen LogP) is 23.5. The van der Waals surface area contributed by atoms with Gasteiger partial charge in [-0.15, -0.1) is 0 Å². The van der Waals surface area contributed by atoms with Crippen LogP contribution in [0.4, 0.5) is 0 Å². The molecule has 584 valence electrons. The van der Waals surface area contributed by atoms with Crippen LogP contribution in [0.1, 0.15) is 374 Å². The van der Waals surface area contributed by atoms with Crippen molar-refractivity contribution < 1.29 is 80.2 Å². The molecule has 0 saturated carbocycles. The van der Waals surface area contributed by atoms with Crippen molar-refractivity contribution >= 4 is 39.5 Å². The molecule has 19 heteroatoms. The summed E-state index contributed by atoms with van der Waals surface area (Å²) < 4.78 is 68.6. The van der Waals surface area contributed by atoms with Crippen molar-refractivity contribution in [1.29, 1.82) is 0 Å². The first-order valence-corrected chi connectivity index (χ1v) is 43.5. The number of unbranched alkanes of at least 4 members (excludes halogenated alkanes) is 41. The molecule has 0 rings (SSSR count). The second-order valence-electron chi connectivity index (χ2n) is 27.4. The Balaban J connectivity index is 5.31. The van der Waals surface area contributed by atoms with Gasteiger partial charge < -0.3 is 33.8 Å². The number of esters is 4. The first kappa shape index (κ1) is 96.8. The Kier molecular flexibility index (Phi) is 71.6. The van der Waals surface area contributed by atoms with Gasteiger partial charge in [0.25, 0.3) is 0 Å². The van der Waals surface area contributed by atoms with Crippen LogP contribution in [0.3, 0.4) is 0 Å². The molecule has 0 heterocycles. The molecule has 0 aromatic carbocycles. The Morgan fingerprint density at radius 3 is 0.790 bits per heavy atom. The van der Waals surface area contributed by atoms with Gasteiger partial charge in [0.1, 0.15) is 19.3 Å². The molecule has 0 aliphatic carbocycles. The molecule has 5 unspecified atom stereocenters. The lowest BCUT2D eigenvalue weighted by atomic mass is 10.0. The van der Waals surface area contributed by atoms with Crippen molar-refractivity contribution in [3.05, 3.63) is 60.8 Å². The van der Waals surface area contributed by atoms with Crippen LogP contribution in [0.25, 0.3) is 0 Å². The Morgan fingerprint density at radius 1 is 0.280 bits per heavy atom. The molecule has 0 spiro atoms. The van der Waals surface area contributed by atoms with Crippen LogP contribution < -0.4 is 0 Å². The summed E-state index contributed by atoms with van der Waals surface area (Å²) in [7, 11) is -9.94. The second-order valence-corrected chi connectivity index (χ2v) is 30.3. The summed E-state index contributed by atoms with van der Waals surface area (Å²) in [6, 6.07) is 0. The highest BCUT2D eigenvalue weighted by Crippen LogP contribution is 2.45. The van der Waals surface area contributed by atoms with E-state index in [-0.39, 0.29) is 25.7 Å². The number of hydrogen-bond acceptors (Lipinski definition) is 15. The normalized spacial score (nSPS) is 14.2. The lowest BCUT2D eigenvalue weighted by Crippen LogP contribution is -2.30. The molecular formula is C81H148O17P2. The number of carbonyl (C=O) groups is 4. The molecule has 0 aromatic heterocycles. The number of phosphoric ester groups is 2. The Morgan fingerprint density at radius 2 is 0.490 bits per heavy atom. The van der Waals surface area contributed by atoms with Crippen LogP contribution in [0.5, 0.6) is 0 Å². The summed E-state index contributed by atoms with van der Waals surface area (Å²) in [6.45, 7) is 4.87. The van der Waals surface area contributed by atoms with E-state index in [4.69, 9.17) is 37.0 Å². The maximum Gasteiger partial charge on any atom is 0.472 e. The van der Waals surface area contributed by atoms with Crippen LogP contribution in [0.2, 0.25) is 0 Å². The van der Waals surface area contributed by atoms with Crippen molar-refractivity contribution in [3.63, 3.8) is 0 Å². The molecule has 17 nitrogen and oxygen atoms in total. The van der Waals surface area contributed by atoms with Crippen LogP contribution in [0, 0.1) is 0 Å². The number of carbonyl (C=O) groups excluding carboxylic acids is 4. The molecule has 0 radical (unpaired) electrons. The highest BCUT2D eigenvalue weighted by Gasteiger charge is 2.30. The Bertz CT molecular complexity index is 2130. The van der Waals surface area contributed by atoms with E-state index in [2.05, 4.69) is 88.5 Å². The van der Waals surface area contributed by atoms with Crippen molar-refractivity contribution in [2.45, 2.75) is 393 Å². The number of phosphoric acid groups is 2. The van der Waals surface area contributed by atoms with Gasteiger partial charge in [-0.1, -0.05) is 294 Å². The highest BCUT2D eigenvalue weighted by molar-refractivity contribution is 7.47. The summed E-state index contributed by atoms with van der Waals surface area (Å²) in [4.78, 5) is 73.0. The third-order valence-corrected chi connectivity index (χ3v) is 19.4. The zero-order valence-electron chi connectivity index (χ0n) is 63.9. The van der Waals surface area contributed by atoms with Gasteiger partial charge in [-0.05, 0) is 116 Å². The quantitative estimate of drug-likeness (QED) is 0.0169.